The van der Waals surface area contributed by atoms with Gasteiger partial charge in [0.15, 0.2) is 19.7 Å². The van der Waals surface area contributed by atoms with E-state index >= 15 is 0 Å². The fraction of sp³-hybridized carbons (Fsp3) is 0.179. The number of carbonyl (C=O) groups excluding carboxylic acids is 1. The number of fused-ring (bicyclic) bond motifs is 1. The molecule has 4 rings (SSSR count). The molecule has 60 heavy (non-hydrogen) atoms. The van der Waals surface area contributed by atoms with Crippen molar-refractivity contribution in [3.05, 3.63) is 66.2 Å². The smallest absolute Gasteiger partial charge is 0.397 e. The molecule has 0 unspecified atom stereocenters. The third kappa shape index (κ3) is 12.7. The van der Waals surface area contributed by atoms with Gasteiger partial charge in [-0.2, -0.15) is 43.9 Å². The minimum absolute atomic E-state index is 0.0499. The van der Waals surface area contributed by atoms with Crippen LogP contribution in [0, 0.1) is 0 Å². The van der Waals surface area contributed by atoms with Crippen molar-refractivity contribution in [3.63, 3.8) is 0 Å². The monoisotopic (exact) mass is 959 g/mol. The van der Waals surface area contributed by atoms with E-state index in [1.807, 2.05) is 0 Å². The number of nitrogens with two attached hydrogens (primary N) is 2. The van der Waals surface area contributed by atoms with Gasteiger partial charge in [0, 0.05) is 16.6 Å². The van der Waals surface area contributed by atoms with Crippen molar-refractivity contribution in [2.75, 3.05) is 35.8 Å². The summed E-state index contributed by atoms with van der Waals surface area (Å²) in [5.41, 5.74) is 9.67. The Labute approximate surface area is 340 Å². The summed E-state index contributed by atoms with van der Waals surface area (Å²) in [5.74, 6) is -1.95. The van der Waals surface area contributed by atoms with E-state index in [4.69, 9.17) is 20.6 Å². The van der Waals surface area contributed by atoms with Crippen LogP contribution in [0.3, 0.4) is 0 Å². The predicted molar refractivity (Wildman–Crippen MR) is 206 cm³/mol. The number of sulfone groups is 2. The molecule has 0 aliphatic rings. The van der Waals surface area contributed by atoms with Gasteiger partial charge in [-0.05, 0) is 53.9 Å². The van der Waals surface area contributed by atoms with Gasteiger partial charge in [0.2, 0.25) is 0 Å². The molecule has 4 aromatic rings. The molecule has 0 atom stereocenters. The van der Waals surface area contributed by atoms with E-state index in [2.05, 4.69) is 34.1 Å². The molecular formula is C28H29N7O19S6. The van der Waals surface area contributed by atoms with E-state index in [1.54, 1.807) is 0 Å². The third-order valence-electron chi connectivity index (χ3n) is 7.54. The van der Waals surface area contributed by atoms with E-state index in [-0.39, 0.29) is 33.4 Å². The van der Waals surface area contributed by atoms with Crippen LogP contribution < -0.4 is 16.8 Å². The second-order valence-electron chi connectivity index (χ2n) is 11.6. The van der Waals surface area contributed by atoms with Crippen LogP contribution in [0.2, 0.25) is 0 Å². The van der Waals surface area contributed by atoms with Crippen LogP contribution in [0.1, 0.15) is 5.56 Å². The molecule has 2 amide bonds. The number of amides is 2. The molecule has 26 nitrogen and oxygen atoms in total. The predicted octanol–water partition coefficient (Wildman–Crippen LogP) is 2.29. The normalized spacial score (nSPS) is 13.3. The summed E-state index contributed by atoms with van der Waals surface area (Å²) in [7, 11) is -29.0. The molecule has 0 aliphatic heterocycles. The summed E-state index contributed by atoms with van der Waals surface area (Å²) in [6, 6.07) is 8.65. The van der Waals surface area contributed by atoms with Crippen molar-refractivity contribution >= 4 is 106 Å². The molecule has 9 N–H and O–H groups in total. The number of anilines is 2. The number of nitrogen functional groups attached to an aromatic ring is 1. The highest BCUT2D eigenvalue weighted by Crippen LogP contribution is 2.38. The van der Waals surface area contributed by atoms with Gasteiger partial charge in [-0.3, -0.25) is 18.2 Å². The van der Waals surface area contributed by atoms with E-state index in [1.165, 1.54) is 18.2 Å². The summed E-state index contributed by atoms with van der Waals surface area (Å²) in [6.07, 6.45) is 0. The van der Waals surface area contributed by atoms with Gasteiger partial charge in [0.25, 0.3) is 20.2 Å². The minimum atomic E-state index is -5.20. The number of benzene rings is 4. The molecule has 0 fully saturated rings. The Bertz CT molecular complexity index is 3120. The first-order valence-corrected chi connectivity index (χ1v) is 24.5. The molecule has 0 aromatic heterocycles. The lowest BCUT2D eigenvalue weighted by molar-refractivity contribution is 0.259. The van der Waals surface area contributed by atoms with Crippen molar-refractivity contribution in [1.29, 1.82) is 0 Å². The summed E-state index contributed by atoms with van der Waals surface area (Å²) >= 11 is 0. The van der Waals surface area contributed by atoms with Crippen LogP contribution in [0.5, 0.6) is 0 Å². The maximum absolute atomic E-state index is 12.7. The zero-order valence-electron chi connectivity index (χ0n) is 29.6. The summed E-state index contributed by atoms with van der Waals surface area (Å²) in [5, 5.41) is 17.3. The molecule has 0 radical (unpaired) electrons. The van der Waals surface area contributed by atoms with Crippen molar-refractivity contribution in [2.24, 2.45) is 26.2 Å². The fourth-order valence-electron chi connectivity index (χ4n) is 4.97. The number of nitrogens with one attached hydrogen (secondary N) is 1. The van der Waals surface area contributed by atoms with Crippen LogP contribution in [0.15, 0.2) is 101 Å². The molecule has 0 heterocycles. The van der Waals surface area contributed by atoms with Crippen molar-refractivity contribution in [2.45, 2.75) is 26.1 Å². The molecule has 326 valence electrons. The minimum Gasteiger partial charge on any atom is -0.397 e. The maximum Gasteiger partial charge on any atom is 0.397 e. The lowest BCUT2D eigenvalue weighted by Crippen LogP contribution is -2.20. The first kappa shape index (κ1) is 47.5. The fourth-order valence-corrected chi connectivity index (χ4v) is 9.56. The Balaban J connectivity index is 1.71. The topological polar surface area (TPSA) is 435 Å². The second-order valence-corrected chi connectivity index (χ2v) is 20.8. The standard InChI is InChI=1S/C28H29N7O19S6/c29-26-20(15-31-33-22-6-3-18(14-25(22)57(41,42)43)56(39,40)12-10-54-60(50,51)52)21(32-28(30)36)7-8-23(26)34-35-24-5-1-16-13-17(2-4-19(16)27(24)58(44,45)46)55(37,38)11-9-53-59(47,48)49/h1-8,13-14H,9-12,15,29H2,(H3,30,32,36)(H,41,42,43)(H,44,45,46)(H,47,48,49)(H,50,51,52). The van der Waals surface area contributed by atoms with Gasteiger partial charge in [0.05, 0.1) is 46.7 Å². The molecule has 4 aromatic carbocycles. The average molecular weight is 960 g/mol. The number of urea groups is 1. The number of rotatable bonds is 18. The highest BCUT2D eigenvalue weighted by atomic mass is 32.3. The number of carbonyl (C=O) groups is 1. The third-order valence-corrected chi connectivity index (χ3v) is 13.6. The number of hydrogen-bond acceptors (Lipinski definition) is 20. The molecule has 32 heteroatoms. The Morgan fingerprint density at radius 3 is 1.68 bits per heavy atom. The second kappa shape index (κ2) is 17.8. The first-order chi connectivity index (χ1) is 27.5. The Hall–Kier alpha value is -5.13. The summed E-state index contributed by atoms with van der Waals surface area (Å²) in [6.45, 7) is -2.61. The van der Waals surface area contributed by atoms with E-state index in [9.17, 15) is 64.4 Å². The number of hydrogen-bond donors (Lipinski definition) is 7. The van der Waals surface area contributed by atoms with Crippen LogP contribution >= 0.6 is 0 Å². The molecular weight excluding hydrogens is 931 g/mol. The molecule has 0 spiro atoms. The number of primary amides is 1. The molecule has 0 saturated heterocycles. The Morgan fingerprint density at radius 2 is 1.15 bits per heavy atom. The van der Waals surface area contributed by atoms with Gasteiger partial charge >= 0.3 is 26.8 Å². The van der Waals surface area contributed by atoms with E-state index < -0.39 is 129 Å². The SMILES string of the molecule is NC(=O)Nc1ccc(N=Nc2ccc3cc(S(=O)(=O)CCOS(=O)(=O)O)ccc3c2S(=O)(=O)O)c(N)c1CN=Nc1ccc(S(=O)(=O)CCOS(=O)(=O)O)cc1S(=O)(=O)O. The van der Waals surface area contributed by atoms with Crippen LogP contribution in [0.4, 0.5) is 33.2 Å². The van der Waals surface area contributed by atoms with Crippen LogP contribution in [0.25, 0.3) is 10.8 Å². The summed E-state index contributed by atoms with van der Waals surface area (Å²) < 4.78 is 188. The van der Waals surface area contributed by atoms with Gasteiger partial charge in [-0.25, -0.2) is 30.0 Å². The quantitative estimate of drug-likeness (QED) is 0.0427. The highest BCUT2D eigenvalue weighted by Gasteiger charge is 2.25. The first-order valence-electron chi connectivity index (χ1n) is 15.6. The number of nitrogens with zero attached hydrogens (tertiary/aromatic N) is 4. The molecule has 0 aliphatic carbocycles. The average Bonchev–Trinajstić information content (AvgIpc) is 3.09. The van der Waals surface area contributed by atoms with Gasteiger partial charge in [-0.1, -0.05) is 12.1 Å². The van der Waals surface area contributed by atoms with E-state index in [0.29, 0.717) is 6.07 Å². The van der Waals surface area contributed by atoms with Crippen LogP contribution in [-0.2, 0) is 75.6 Å². The maximum atomic E-state index is 12.7. The molecule has 0 bridgehead atoms. The lowest BCUT2D eigenvalue weighted by atomic mass is 10.1. The van der Waals surface area contributed by atoms with Gasteiger partial charge < -0.3 is 16.8 Å². The summed E-state index contributed by atoms with van der Waals surface area (Å²) in [4.78, 5) is 8.69. The van der Waals surface area contributed by atoms with Crippen molar-refractivity contribution in [3.8, 4) is 0 Å². The van der Waals surface area contributed by atoms with Crippen molar-refractivity contribution in [1.82, 2.24) is 0 Å². The number of azo groups is 2. The van der Waals surface area contributed by atoms with Crippen LogP contribution in [-0.4, -0.2) is 99.5 Å². The van der Waals surface area contributed by atoms with Gasteiger partial charge in [-0.15, -0.1) is 10.2 Å². The van der Waals surface area contributed by atoms with Crippen molar-refractivity contribution < 1.29 is 81.9 Å². The van der Waals surface area contributed by atoms with E-state index in [0.717, 1.165) is 36.4 Å². The largest absolute Gasteiger partial charge is 0.397 e. The molecule has 0 saturated carbocycles. The lowest BCUT2D eigenvalue weighted by Gasteiger charge is -2.13. The van der Waals surface area contributed by atoms with Gasteiger partial charge in [0.1, 0.15) is 26.9 Å². The zero-order valence-corrected chi connectivity index (χ0v) is 34.5. The highest BCUT2D eigenvalue weighted by molar-refractivity contribution is 7.92. The Kier molecular flexibility index (Phi) is 14.1. The zero-order chi connectivity index (χ0) is 45.1. The Morgan fingerprint density at radius 1 is 0.633 bits per heavy atom.